The molecular weight excluding hydrogens is 212 g/mol. The van der Waals surface area contributed by atoms with Crippen molar-refractivity contribution in [2.75, 3.05) is 7.11 Å². The van der Waals surface area contributed by atoms with Crippen LogP contribution in [-0.4, -0.2) is 13.1 Å². The number of rotatable bonds is 3. The van der Waals surface area contributed by atoms with Gasteiger partial charge in [-0.15, -0.1) is 0 Å². The Kier molecular flexibility index (Phi) is 3.62. The highest BCUT2D eigenvalue weighted by Gasteiger charge is 2.16. The number of aryl methyl sites for hydroxylation is 1. The minimum Gasteiger partial charge on any atom is -0.469 e. The van der Waals surface area contributed by atoms with Crippen LogP contribution in [0.4, 0.5) is 0 Å². The Morgan fingerprint density at radius 1 is 1.47 bits per heavy atom. The van der Waals surface area contributed by atoms with Gasteiger partial charge in [-0.25, -0.2) is 0 Å². The molecule has 1 aliphatic rings. The maximum Gasteiger partial charge on any atom is 0.308 e. The summed E-state index contributed by atoms with van der Waals surface area (Å²) in [5.41, 5.74) is 3.94. The van der Waals surface area contributed by atoms with E-state index in [-0.39, 0.29) is 11.9 Å². The number of esters is 1. The number of allylic oxidation sites excluding steroid dienone is 1. The summed E-state index contributed by atoms with van der Waals surface area (Å²) in [6, 6.07) is 6.36. The molecule has 0 bridgehead atoms. The van der Waals surface area contributed by atoms with Crippen molar-refractivity contribution in [3.05, 3.63) is 41.0 Å². The van der Waals surface area contributed by atoms with Crippen molar-refractivity contribution in [3.8, 4) is 0 Å². The smallest absolute Gasteiger partial charge is 0.308 e. The average Bonchev–Trinajstić information content (AvgIpc) is 2.38. The number of carbonyl (C=O) groups excluding carboxylic acids is 1. The zero-order valence-corrected chi connectivity index (χ0v) is 10.4. The number of hydrogen-bond donors (Lipinski definition) is 0. The second kappa shape index (κ2) is 5.17. The lowest BCUT2D eigenvalue weighted by Gasteiger charge is -2.16. The summed E-state index contributed by atoms with van der Waals surface area (Å²) >= 11 is 0. The molecule has 0 spiro atoms. The van der Waals surface area contributed by atoms with Crippen molar-refractivity contribution in [1.29, 1.82) is 0 Å². The van der Waals surface area contributed by atoms with E-state index in [1.165, 1.54) is 23.8 Å². The van der Waals surface area contributed by atoms with Crippen molar-refractivity contribution in [2.24, 2.45) is 5.92 Å². The van der Waals surface area contributed by atoms with Crippen molar-refractivity contribution < 1.29 is 9.53 Å². The zero-order valence-electron chi connectivity index (χ0n) is 10.4. The lowest BCUT2D eigenvalue weighted by molar-refractivity contribution is -0.144. The number of carbonyl (C=O) groups is 1. The van der Waals surface area contributed by atoms with Gasteiger partial charge in [-0.05, 0) is 36.0 Å². The lowest BCUT2D eigenvalue weighted by Crippen LogP contribution is -2.16. The van der Waals surface area contributed by atoms with Crippen LogP contribution in [-0.2, 0) is 22.4 Å². The van der Waals surface area contributed by atoms with E-state index in [0.29, 0.717) is 0 Å². The van der Waals surface area contributed by atoms with Gasteiger partial charge in [0.25, 0.3) is 0 Å². The molecule has 0 heterocycles. The highest BCUT2D eigenvalue weighted by Crippen LogP contribution is 2.24. The quantitative estimate of drug-likeness (QED) is 0.746. The van der Waals surface area contributed by atoms with E-state index in [1.54, 1.807) is 0 Å². The van der Waals surface area contributed by atoms with Gasteiger partial charge in [0.1, 0.15) is 0 Å². The predicted molar refractivity (Wildman–Crippen MR) is 68.7 cm³/mol. The summed E-state index contributed by atoms with van der Waals surface area (Å²) in [5, 5.41) is 0. The molecule has 2 heteroatoms. The van der Waals surface area contributed by atoms with Crippen LogP contribution in [0.15, 0.2) is 24.3 Å². The Hall–Kier alpha value is -1.57. The second-order valence-electron chi connectivity index (χ2n) is 4.56. The molecule has 17 heavy (non-hydrogen) atoms. The van der Waals surface area contributed by atoms with Gasteiger partial charge in [0.05, 0.1) is 13.0 Å². The first-order chi connectivity index (χ1) is 8.22. The van der Waals surface area contributed by atoms with Gasteiger partial charge in [-0.2, -0.15) is 0 Å². The zero-order chi connectivity index (χ0) is 12.3. The topological polar surface area (TPSA) is 26.3 Å². The Balaban J connectivity index is 2.23. The SMILES string of the molecule is COC(=O)[C@H](C)Cc1cccc2c1C=CCC2. The van der Waals surface area contributed by atoms with Crippen LogP contribution in [0, 0.1) is 5.92 Å². The summed E-state index contributed by atoms with van der Waals surface area (Å²) in [7, 11) is 1.44. The molecule has 0 aromatic heterocycles. The molecule has 1 aromatic rings. The largest absolute Gasteiger partial charge is 0.469 e. The Labute approximate surface area is 102 Å². The molecule has 0 fully saturated rings. The van der Waals surface area contributed by atoms with Crippen molar-refractivity contribution in [3.63, 3.8) is 0 Å². The molecule has 1 atom stereocenters. The molecule has 0 amide bonds. The lowest BCUT2D eigenvalue weighted by atomic mass is 9.89. The fourth-order valence-electron chi connectivity index (χ4n) is 2.33. The van der Waals surface area contributed by atoms with E-state index in [1.807, 2.05) is 6.92 Å². The first-order valence-corrected chi connectivity index (χ1v) is 6.07. The maximum absolute atomic E-state index is 11.4. The van der Waals surface area contributed by atoms with Crippen LogP contribution >= 0.6 is 0 Å². The third-order valence-electron chi connectivity index (χ3n) is 3.28. The molecule has 1 aromatic carbocycles. The molecule has 0 saturated carbocycles. The maximum atomic E-state index is 11.4. The van der Waals surface area contributed by atoms with Gasteiger partial charge >= 0.3 is 5.97 Å². The van der Waals surface area contributed by atoms with E-state index < -0.39 is 0 Å². The Bertz CT molecular complexity index is 446. The van der Waals surface area contributed by atoms with Gasteiger partial charge < -0.3 is 4.74 Å². The molecule has 0 saturated heterocycles. The Morgan fingerprint density at radius 3 is 3.06 bits per heavy atom. The number of methoxy groups -OCH3 is 1. The summed E-state index contributed by atoms with van der Waals surface area (Å²) in [6.45, 7) is 1.91. The first kappa shape index (κ1) is 11.9. The van der Waals surface area contributed by atoms with Crippen LogP contribution in [0.25, 0.3) is 6.08 Å². The average molecular weight is 230 g/mol. The summed E-state index contributed by atoms with van der Waals surface area (Å²) in [5.74, 6) is -0.218. The summed E-state index contributed by atoms with van der Waals surface area (Å²) in [6.07, 6.45) is 7.35. The van der Waals surface area contributed by atoms with Gasteiger partial charge in [-0.3, -0.25) is 4.79 Å². The minimum absolute atomic E-state index is 0.0816. The second-order valence-corrected chi connectivity index (χ2v) is 4.56. The number of ether oxygens (including phenoxy) is 1. The normalized spacial score (nSPS) is 15.2. The van der Waals surface area contributed by atoms with Crippen LogP contribution < -0.4 is 0 Å². The minimum atomic E-state index is -0.137. The van der Waals surface area contributed by atoms with Crippen molar-refractivity contribution in [2.45, 2.75) is 26.2 Å². The predicted octanol–water partition coefficient (Wildman–Crippen LogP) is 3.00. The fraction of sp³-hybridized carbons (Fsp3) is 0.400. The highest BCUT2D eigenvalue weighted by molar-refractivity contribution is 5.72. The molecule has 0 radical (unpaired) electrons. The standard InChI is InChI=1S/C15H18O2/c1-11(15(16)17-2)10-13-8-5-7-12-6-3-4-9-14(12)13/h4-5,7-9,11H,3,6,10H2,1-2H3/t11-/m1/s1. The summed E-state index contributed by atoms with van der Waals surface area (Å²) < 4.78 is 4.77. The van der Waals surface area contributed by atoms with E-state index >= 15 is 0 Å². The Morgan fingerprint density at radius 2 is 2.29 bits per heavy atom. The molecule has 0 N–H and O–H groups in total. The third kappa shape index (κ3) is 2.57. The number of fused-ring (bicyclic) bond motifs is 1. The van der Waals surface area contributed by atoms with E-state index in [2.05, 4.69) is 30.4 Å². The first-order valence-electron chi connectivity index (χ1n) is 6.07. The van der Waals surface area contributed by atoms with Gasteiger partial charge in [0, 0.05) is 0 Å². The molecular formula is C15H18O2. The van der Waals surface area contributed by atoms with Crippen LogP contribution in [0.3, 0.4) is 0 Å². The van der Waals surface area contributed by atoms with Crippen LogP contribution in [0.5, 0.6) is 0 Å². The van der Waals surface area contributed by atoms with E-state index in [0.717, 1.165) is 19.3 Å². The number of benzene rings is 1. The number of hydrogen-bond acceptors (Lipinski definition) is 2. The van der Waals surface area contributed by atoms with E-state index in [4.69, 9.17) is 4.74 Å². The van der Waals surface area contributed by atoms with Crippen LogP contribution in [0.1, 0.15) is 30.0 Å². The van der Waals surface area contributed by atoms with Gasteiger partial charge in [0.15, 0.2) is 0 Å². The van der Waals surface area contributed by atoms with Gasteiger partial charge in [-0.1, -0.05) is 37.3 Å². The molecule has 2 nitrogen and oxygen atoms in total. The fourth-order valence-corrected chi connectivity index (χ4v) is 2.33. The highest BCUT2D eigenvalue weighted by atomic mass is 16.5. The molecule has 1 aliphatic carbocycles. The summed E-state index contributed by atoms with van der Waals surface area (Å²) in [4.78, 5) is 11.4. The molecule has 2 rings (SSSR count). The van der Waals surface area contributed by atoms with E-state index in [9.17, 15) is 4.79 Å². The molecule has 90 valence electrons. The van der Waals surface area contributed by atoms with Gasteiger partial charge in [0.2, 0.25) is 0 Å². The third-order valence-corrected chi connectivity index (χ3v) is 3.28. The van der Waals surface area contributed by atoms with Crippen LogP contribution in [0.2, 0.25) is 0 Å². The molecule has 0 unspecified atom stereocenters. The molecule has 0 aliphatic heterocycles. The monoisotopic (exact) mass is 230 g/mol. The van der Waals surface area contributed by atoms with Crippen molar-refractivity contribution >= 4 is 12.0 Å². The van der Waals surface area contributed by atoms with Crippen molar-refractivity contribution in [1.82, 2.24) is 0 Å².